The van der Waals surface area contributed by atoms with Crippen LogP contribution in [0.4, 0.5) is 4.39 Å². The largest absolute Gasteiger partial charge is 0.392 e. The molecule has 0 spiro atoms. The Labute approximate surface area is 123 Å². The molecule has 0 saturated carbocycles. The maximum atomic E-state index is 13.2. The Morgan fingerprint density at radius 2 is 1.95 bits per heavy atom. The van der Waals surface area contributed by atoms with Gasteiger partial charge in [-0.15, -0.1) is 11.8 Å². The van der Waals surface area contributed by atoms with E-state index in [2.05, 4.69) is 19.1 Å². The Kier molecular flexibility index (Phi) is 5.21. The lowest BCUT2D eigenvalue weighted by molar-refractivity contribution is 0.200. The zero-order chi connectivity index (χ0) is 14.5. The van der Waals surface area contributed by atoms with Crippen LogP contribution in [0.3, 0.4) is 0 Å². The van der Waals surface area contributed by atoms with Crippen LogP contribution in [0.1, 0.15) is 16.7 Å². The number of benzene rings is 2. The van der Waals surface area contributed by atoms with Gasteiger partial charge in [0.25, 0.3) is 0 Å². The highest BCUT2D eigenvalue weighted by Crippen LogP contribution is 2.21. The third-order valence-electron chi connectivity index (χ3n) is 3.20. The zero-order valence-electron chi connectivity index (χ0n) is 11.8. The summed E-state index contributed by atoms with van der Waals surface area (Å²) in [6.07, 6.45) is 0.0172. The molecule has 106 valence electrons. The predicted octanol–water partition coefficient (Wildman–Crippen LogP) is 4.14. The Balaban J connectivity index is 1.92. The van der Waals surface area contributed by atoms with Gasteiger partial charge in [-0.05, 0) is 55.7 Å². The van der Waals surface area contributed by atoms with Crippen LogP contribution in [-0.4, -0.2) is 17.0 Å². The molecule has 1 atom stereocenters. The second-order valence-corrected chi connectivity index (χ2v) is 6.15. The van der Waals surface area contributed by atoms with E-state index in [9.17, 15) is 9.50 Å². The Morgan fingerprint density at radius 1 is 1.15 bits per heavy atom. The Bertz CT molecular complexity index is 583. The smallest absolute Gasteiger partial charge is 0.123 e. The number of hydrogen-bond donors (Lipinski definition) is 1. The molecule has 0 aliphatic rings. The quantitative estimate of drug-likeness (QED) is 0.835. The van der Waals surface area contributed by atoms with E-state index in [1.54, 1.807) is 17.8 Å². The second kappa shape index (κ2) is 6.91. The summed E-state index contributed by atoms with van der Waals surface area (Å²) in [4.78, 5) is 1.15. The molecule has 1 nitrogen and oxygen atoms in total. The molecular formula is C17H19FOS. The van der Waals surface area contributed by atoms with Crippen LogP contribution < -0.4 is 0 Å². The number of rotatable bonds is 5. The summed E-state index contributed by atoms with van der Waals surface area (Å²) in [5.74, 6) is 0.364. The molecule has 0 bridgehead atoms. The van der Waals surface area contributed by atoms with Gasteiger partial charge in [-0.2, -0.15) is 0 Å². The molecule has 0 aromatic heterocycles. The summed E-state index contributed by atoms with van der Waals surface area (Å²) in [7, 11) is 0. The van der Waals surface area contributed by atoms with Crippen molar-refractivity contribution in [2.45, 2.75) is 31.3 Å². The SMILES string of the molecule is Cc1cccc(SCC(O)Cc2cc(F)ccc2C)c1. The van der Waals surface area contributed by atoms with Crippen molar-refractivity contribution in [2.75, 3.05) is 5.75 Å². The van der Waals surface area contributed by atoms with Crippen LogP contribution in [-0.2, 0) is 6.42 Å². The van der Waals surface area contributed by atoms with Crippen molar-refractivity contribution in [3.63, 3.8) is 0 Å². The van der Waals surface area contributed by atoms with E-state index in [0.717, 1.165) is 16.0 Å². The molecule has 2 aromatic rings. The molecule has 0 aliphatic carbocycles. The molecule has 3 heteroatoms. The van der Waals surface area contributed by atoms with Crippen molar-refractivity contribution in [2.24, 2.45) is 0 Å². The first kappa shape index (κ1) is 15.1. The minimum Gasteiger partial charge on any atom is -0.392 e. The molecule has 0 saturated heterocycles. The highest BCUT2D eigenvalue weighted by Gasteiger charge is 2.09. The summed E-state index contributed by atoms with van der Waals surface area (Å²) >= 11 is 1.63. The van der Waals surface area contributed by atoms with Crippen LogP contribution in [0.25, 0.3) is 0 Å². The minimum absolute atomic E-state index is 0.246. The second-order valence-electron chi connectivity index (χ2n) is 5.06. The highest BCUT2D eigenvalue weighted by atomic mass is 32.2. The molecule has 0 fully saturated rings. The van der Waals surface area contributed by atoms with E-state index in [1.807, 2.05) is 19.1 Å². The molecule has 1 unspecified atom stereocenters. The van der Waals surface area contributed by atoms with Crippen LogP contribution in [0.2, 0.25) is 0 Å². The average Bonchev–Trinajstić information content (AvgIpc) is 2.41. The molecule has 0 heterocycles. The van der Waals surface area contributed by atoms with E-state index >= 15 is 0 Å². The van der Waals surface area contributed by atoms with Crippen molar-refractivity contribution in [3.8, 4) is 0 Å². The summed E-state index contributed by atoms with van der Waals surface area (Å²) in [5.41, 5.74) is 3.11. The lowest BCUT2D eigenvalue weighted by atomic mass is 10.0. The van der Waals surface area contributed by atoms with Gasteiger partial charge in [0.05, 0.1) is 6.10 Å². The molecule has 1 N–H and O–H groups in total. The summed E-state index contributed by atoms with van der Waals surface area (Å²) in [5, 5.41) is 10.1. The van der Waals surface area contributed by atoms with Gasteiger partial charge in [0.15, 0.2) is 0 Å². The van der Waals surface area contributed by atoms with Crippen molar-refractivity contribution in [1.29, 1.82) is 0 Å². The van der Waals surface area contributed by atoms with Gasteiger partial charge in [-0.1, -0.05) is 23.8 Å². The first-order valence-corrected chi connectivity index (χ1v) is 7.66. The average molecular weight is 290 g/mol. The maximum absolute atomic E-state index is 13.2. The van der Waals surface area contributed by atoms with E-state index in [1.165, 1.54) is 17.7 Å². The molecule has 0 radical (unpaired) electrons. The van der Waals surface area contributed by atoms with Crippen molar-refractivity contribution in [3.05, 3.63) is 65.0 Å². The number of halogens is 1. The van der Waals surface area contributed by atoms with Gasteiger partial charge in [-0.3, -0.25) is 0 Å². The van der Waals surface area contributed by atoms with E-state index in [4.69, 9.17) is 0 Å². The van der Waals surface area contributed by atoms with Crippen LogP contribution in [0, 0.1) is 19.7 Å². The fourth-order valence-corrected chi connectivity index (χ4v) is 3.02. The molecule has 2 aromatic carbocycles. The molecule has 2 rings (SSSR count). The number of aryl methyl sites for hydroxylation is 2. The number of aliphatic hydroxyl groups excluding tert-OH is 1. The summed E-state index contributed by atoms with van der Waals surface area (Å²) in [6.45, 7) is 3.99. The van der Waals surface area contributed by atoms with Gasteiger partial charge in [0.1, 0.15) is 5.82 Å². The number of thioether (sulfide) groups is 1. The van der Waals surface area contributed by atoms with E-state index in [0.29, 0.717) is 12.2 Å². The highest BCUT2D eigenvalue weighted by molar-refractivity contribution is 7.99. The van der Waals surface area contributed by atoms with E-state index < -0.39 is 6.10 Å². The number of hydrogen-bond acceptors (Lipinski definition) is 2. The molecule has 0 amide bonds. The van der Waals surface area contributed by atoms with Crippen LogP contribution in [0.5, 0.6) is 0 Å². The zero-order valence-corrected chi connectivity index (χ0v) is 12.6. The maximum Gasteiger partial charge on any atom is 0.123 e. The molecular weight excluding hydrogens is 271 g/mol. The van der Waals surface area contributed by atoms with Crippen molar-refractivity contribution >= 4 is 11.8 Å². The lowest BCUT2D eigenvalue weighted by Gasteiger charge is -2.12. The van der Waals surface area contributed by atoms with Gasteiger partial charge in [0.2, 0.25) is 0 Å². The fourth-order valence-electron chi connectivity index (χ4n) is 2.07. The van der Waals surface area contributed by atoms with E-state index in [-0.39, 0.29) is 5.82 Å². The van der Waals surface area contributed by atoms with Crippen molar-refractivity contribution in [1.82, 2.24) is 0 Å². The number of aliphatic hydroxyl groups is 1. The van der Waals surface area contributed by atoms with Gasteiger partial charge in [0, 0.05) is 10.6 Å². The van der Waals surface area contributed by atoms with Gasteiger partial charge < -0.3 is 5.11 Å². The molecule has 0 aliphatic heterocycles. The monoisotopic (exact) mass is 290 g/mol. The van der Waals surface area contributed by atoms with Crippen LogP contribution in [0.15, 0.2) is 47.4 Å². The minimum atomic E-state index is -0.471. The first-order chi connectivity index (χ1) is 9.54. The fraction of sp³-hybridized carbons (Fsp3) is 0.294. The Hall–Kier alpha value is -1.32. The van der Waals surface area contributed by atoms with Gasteiger partial charge in [-0.25, -0.2) is 4.39 Å². The van der Waals surface area contributed by atoms with Crippen molar-refractivity contribution < 1.29 is 9.50 Å². The van der Waals surface area contributed by atoms with Crippen LogP contribution >= 0.6 is 11.8 Å². The van der Waals surface area contributed by atoms with Gasteiger partial charge >= 0.3 is 0 Å². The molecule has 20 heavy (non-hydrogen) atoms. The standard InChI is InChI=1S/C17H19FOS/c1-12-4-3-5-17(8-12)20-11-16(19)10-14-9-15(18)7-6-13(14)2/h3-9,16,19H,10-11H2,1-2H3. The topological polar surface area (TPSA) is 20.2 Å². The lowest BCUT2D eigenvalue weighted by Crippen LogP contribution is -2.14. The Morgan fingerprint density at radius 3 is 2.70 bits per heavy atom. The predicted molar refractivity (Wildman–Crippen MR) is 82.8 cm³/mol. The third-order valence-corrected chi connectivity index (χ3v) is 4.34. The normalized spacial score (nSPS) is 12.4. The summed E-state index contributed by atoms with van der Waals surface area (Å²) in [6, 6.07) is 12.9. The third kappa shape index (κ3) is 4.36. The first-order valence-electron chi connectivity index (χ1n) is 6.67. The summed E-state index contributed by atoms with van der Waals surface area (Å²) < 4.78 is 13.2.